The van der Waals surface area contributed by atoms with Crippen molar-refractivity contribution in [2.75, 3.05) is 12.9 Å². The lowest BCUT2D eigenvalue weighted by atomic mass is 10.1. The van der Waals surface area contributed by atoms with Crippen LogP contribution in [0.2, 0.25) is 0 Å². The third-order valence-corrected chi connectivity index (χ3v) is 4.32. The maximum absolute atomic E-state index is 12.0. The average molecular weight is 346 g/mol. The molecule has 2 aromatic carbocycles. The van der Waals surface area contributed by atoms with Crippen molar-refractivity contribution in [1.29, 1.82) is 0 Å². The van der Waals surface area contributed by atoms with Gasteiger partial charge in [0.2, 0.25) is 5.91 Å². The van der Waals surface area contributed by atoms with Gasteiger partial charge in [-0.15, -0.1) is 11.8 Å². The van der Waals surface area contributed by atoms with Crippen LogP contribution in [0.1, 0.15) is 11.1 Å². The lowest BCUT2D eigenvalue weighted by molar-refractivity contribution is -0.384. The largest absolute Gasteiger partial charge is 0.380 e. The molecule has 0 saturated heterocycles. The summed E-state index contributed by atoms with van der Waals surface area (Å²) in [5.41, 5.74) is 2.11. The van der Waals surface area contributed by atoms with Crippen LogP contribution in [0.15, 0.2) is 53.4 Å². The molecular formula is C17H18N2O4S. The molecule has 0 atom stereocenters. The monoisotopic (exact) mass is 346 g/mol. The minimum atomic E-state index is -0.446. The quantitative estimate of drug-likeness (QED) is 0.451. The fourth-order valence-electron chi connectivity index (χ4n) is 2.08. The average Bonchev–Trinajstić information content (AvgIpc) is 2.60. The minimum Gasteiger partial charge on any atom is -0.380 e. The third kappa shape index (κ3) is 5.36. The predicted molar refractivity (Wildman–Crippen MR) is 92.8 cm³/mol. The van der Waals surface area contributed by atoms with E-state index in [2.05, 4.69) is 5.32 Å². The second kappa shape index (κ2) is 9.05. The molecule has 0 unspecified atom stereocenters. The second-order valence-electron chi connectivity index (χ2n) is 5.02. The van der Waals surface area contributed by atoms with Gasteiger partial charge in [-0.3, -0.25) is 14.9 Å². The van der Waals surface area contributed by atoms with E-state index in [1.165, 1.54) is 23.9 Å². The van der Waals surface area contributed by atoms with E-state index in [1.54, 1.807) is 19.2 Å². The van der Waals surface area contributed by atoms with Crippen molar-refractivity contribution in [3.05, 3.63) is 69.8 Å². The molecule has 0 aliphatic rings. The molecule has 2 aromatic rings. The number of nitrogens with one attached hydrogen (secondary N) is 1. The van der Waals surface area contributed by atoms with Crippen molar-refractivity contribution in [3.63, 3.8) is 0 Å². The number of nitro benzene ring substituents is 1. The number of ether oxygens (including phenoxy) is 1. The summed E-state index contributed by atoms with van der Waals surface area (Å²) in [7, 11) is 1.64. The van der Waals surface area contributed by atoms with Gasteiger partial charge < -0.3 is 10.1 Å². The molecule has 126 valence electrons. The smallest absolute Gasteiger partial charge is 0.269 e. The molecule has 0 spiro atoms. The highest BCUT2D eigenvalue weighted by Gasteiger charge is 2.07. The van der Waals surface area contributed by atoms with Crippen LogP contribution in [0, 0.1) is 10.1 Å². The van der Waals surface area contributed by atoms with Gasteiger partial charge >= 0.3 is 0 Å². The second-order valence-corrected chi connectivity index (χ2v) is 6.07. The van der Waals surface area contributed by atoms with Gasteiger partial charge in [-0.1, -0.05) is 24.3 Å². The molecule has 0 aromatic heterocycles. The number of amides is 1. The Bertz CT molecular complexity index is 704. The van der Waals surface area contributed by atoms with Crippen LogP contribution in [0.3, 0.4) is 0 Å². The number of nitrogens with zero attached hydrogens (tertiary/aromatic N) is 1. The van der Waals surface area contributed by atoms with Crippen molar-refractivity contribution >= 4 is 23.4 Å². The molecular weight excluding hydrogens is 328 g/mol. The molecule has 0 fully saturated rings. The van der Waals surface area contributed by atoms with E-state index >= 15 is 0 Å². The van der Waals surface area contributed by atoms with Crippen molar-refractivity contribution < 1.29 is 14.5 Å². The van der Waals surface area contributed by atoms with Gasteiger partial charge in [0.25, 0.3) is 5.69 Å². The highest BCUT2D eigenvalue weighted by molar-refractivity contribution is 8.00. The van der Waals surface area contributed by atoms with E-state index in [0.29, 0.717) is 13.2 Å². The molecule has 0 radical (unpaired) electrons. The topological polar surface area (TPSA) is 81.5 Å². The third-order valence-electron chi connectivity index (χ3n) is 3.31. The summed E-state index contributed by atoms with van der Waals surface area (Å²) in [4.78, 5) is 22.9. The van der Waals surface area contributed by atoms with E-state index in [0.717, 1.165) is 16.0 Å². The molecule has 1 amide bonds. The van der Waals surface area contributed by atoms with E-state index in [1.807, 2.05) is 24.3 Å². The van der Waals surface area contributed by atoms with Crippen LogP contribution in [-0.4, -0.2) is 23.7 Å². The Balaban J connectivity index is 1.82. The van der Waals surface area contributed by atoms with Crippen molar-refractivity contribution in [1.82, 2.24) is 5.32 Å². The Morgan fingerprint density at radius 2 is 1.83 bits per heavy atom. The van der Waals surface area contributed by atoms with Crippen LogP contribution in [0.25, 0.3) is 0 Å². The number of benzene rings is 2. The van der Waals surface area contributed by atoms with Gasteiger partial charge in [-0.25, -0.2) is 0 Å². The van der Waals surface area contributed by atoms with E-state index in [-0.39, 0.29) is 17.3 Å². The summed E-state index contributed by atoms with van der Waals surface area (Å²) < 4.78 is 5.14. The summed E-state index contributed by atoms with van der Waals surface area (Å²) in [6, 6.07) is 13.9. The maximum atomic E-state index is 12.0. The molecule has 7 heteroatoms. The first-order valence-electron chi connectivity index (χ1n) is 7.30. The van der Waals surface area contributed by atoms with Crippen LogP contribution in [0.5, 0.6) is 0 Å². The number of thioether (sulfide) groups is 1. The number of carbonyl (C=O) groups is 1. The first-order valence-corrected chi connectivity index (χ1v) is 8.28. The van der Waals surface area contributed by atoms with Crippen molar-refractivity contribution in [3.8, 4) is 0 Å². The Labute approximate surface area is 144 Å². The number of nitro groups is 1. The number of non-ortho nitro benzene ring substituents is 1. The molecule has 6 nitrogen and oxygen atoms in total. The number of hydrogen-bond donors (Lipinski definition) is 1. The van der Waals surface area contributed by atoms with Gasteiger partial charge in [0.05, 0.1) is 17.3 Å². The van der Waals surface area contributed by atoms with Gasteiger partial charge in [-0.05, 0) is 23.3 Å². The Kier molecular flexibility index (Phi) is 6.77. The number of hydrogen-bond acceptors (Lipinski definition) is 5. The SMILES string of the molecule is COCc1ccccc1CNC(=O)CSc1ccc([N+](=O)[O-])cc1. The van der Waals surface area contributed by atoms with E-state index in [4.69, 9.17) is 4.74 Å². The lowest BCUT2D eigenvalue weighted by Crippen LogP contribution is -2.25. The van der Waals surface area contributed by atoms with Gasteiger partial charge in [-0.2, -0.15) is 0 Å². The highest BCUT2D eigenvalue weighted by atomic mass is 32.2. The summed E-state index contributed by atoms with van der Waals surface area (Å²) in [5.74, 6) is 0.162. The molecule has 2 rings (SSSR count). The van der Waals surface area contributed by atoms with Gasteiger partial charge in [0.15, 0.2) is 0 Å². The minimum absolute atomic E-state index is 0.0403. The van der Waals surface area contributed by atoms with Crippen molar-refractivity contribution in [2.45, 2.75) is 18.0 Å². The zero-order chi connectivity index (χ0) is 17.4. The molecule has 0 aliphatic heterocycles. The fourth-order valence-corrected chi connectivity index (χ4v) is 2.81. The fraction of sp³-hybridized carbons (Fsp3) is 0.235. The normalized spacial score (nSPS) is 10.4. The molecule has 0 saturated carbocycles. The van der Waals surface area contributed by atoms with E-state index < -0.39 is 4.92 Å². The highest BCUT2D eigenvalue weighted by Crippen LogP contribution is 2.21. The Morgan fingerprint density at radius 3 is 2.46 bits per heavy atom. The summed E-state index contributed by atoms with van der Waals surface area (Å²) in [6.07, 6.45) is 0. The molecule has 24 heavy (non-hydrogen) atoms. The van der Waals surface area contributed by atoms with Crippen LogP contribution in [0.4, 0.5) is 5.69 Å². The predicted octanol–water partition coefficient (Wildman–Crippen LogP) is 3.15. The van der Waals surface area contributed by atoms with Crippen molar-refractivity contribution in [2.24, 2.45) is 0 Å². The zero-order valence-electron chi connectivity index (χ0n) is 13.2. The van der Waals surface area contributed by atoms with Gasteiger partial charge in [0, 0.05) is 30.7 Å². The van der Waals surface area contributed by atoms with Crippen LogP contribution >= 0.6 is 11.8 Å². The summed E-state index contributed by atoms with van der Waals surface area (Å²) in [6.45, 7) is 0.947. The molecule has 0 heterocycles. The molecule has 1 N–H and O–H groups in total. The standard InChI is InChI=1S/C17H18N2O4S/c1-23-11-14-5-3-2-4-13(14)10-18-17(20)12-24-16-8-6-15(7-9-16)19(21)22/h2-9H,10-12H2,1H3,(H,18,20). The maximum Gasteiger partial charge on any atom is 0.269 e. The van der Waals surface area contributed by atoms with Crippen LogP contribution < -0.4 is 5.32 Å². The molecule has 0 aliphatic carbocycles. The number of rotatable bonds is 8. The summed E-state index contributed by atoms with van der Waals surface area (Å²) >= 11 is 1.34. The Hall–Kier alpha value is -2.38. The first kappa shape index (κ1) is 18.0. The number of carbonyl (C=O) groups excluding carboxylic acids is 1. The molecule has 0 bridgehead atoms. The van der Waals surface area contributed by atoms with E-state index in [9.17, 15) is 14.9 Å². The van der Waals surface area contributed by atoms with Crippen LogP contribution in [-0.2, 0) is 22.7 Å². The first-order chi connectivity index (χ1) is 11.6. The lowest BCUT2D eigenvalue weighted by Gasteiger charge is -2.10. The number of methoxy groups -OCH3 is 1. The summed E-state index contributed by atoms with van der Waals surface area (Å²) in [5, 5.41) is 13.5. The zero-order valence-corrected chi connectivity index (χ0v) is 14.0. The Morgan fingerprint density at radius 1 is 1.17 bits per heavy atom. The van der Waals surface area contributed by atoms with Gasteiger partial charge in [0.1, 0.15) is 0 Å².